The van der Waals surface area contributed by atoms with E-state index in [1.807, 2.05) is 11.4 Å². The highest BCUT2D eigenvalue weighted by atomic mass is 35.5. The van der Waals surface area contributed by atoms with Gasteiger partial charge >= 0.3 is 0 Å². The van der Waals surface area contributed by atoms with Gasteiger partial charge in [0.15, 0.2) is 5.13 Å². The third-order valence-corrected chi connectivity index (χ3v) is 4.53. The minimum atomic E-state index is -0.0492. The van der Waals surface area contributed by atoms with Crippen LogP contribution in [0.5, 0.6) is 0 Å². The molecule has 0 unspecified atom stereocenters. The fraction of sp³-hybridized carbons (Fsp3) is 0.357. The van der Waals surface area contributed by atoms with E-state index in [4.69, 9.17) is 11.6 Å². The van der Waals surface area contributed by atoms with Gasteiger partial charge in [0.2, 0.25) is 5.91 Å². The van der Waals surface area contributed by atoms with Gasteiger partial charge in [-0.05, 0) is 18.9 Å². The maximum absolute atomic E-state index is 12.3. The number of amides is 1. The second-order valence-corrected chi connectivity index (χ2v) is 6.24. The Morgan fingerprint density at radius 3 is 3.14 bits per heavy atom. The molecule has 2 aromatic heterocycles. The van der Waals surface area contributed by atoms with Gasteiger partial charge in [0.1, 0.15) is 0 Å². The molecule has 3 rings (SSSR count). The van der Waals surface area contributed by atoms with Gasteiger partial charge in [-0.1, -0.05) is 11.6 Å². The van der Waals surface area contributed by atoms with Crippen molar-refractivity contribution in [1.29, 1.82) is 0 Å². The van der Waals surface area contributed by atoms with Gasteiger partial charge in [0.05, 0.1) is 16.6 Å². The van der Waals surface area contributed by atoms with Gasteiger partial charge in [-0.2, -0.15) is 0 Å². The van der Waals surface area contributed by atoms with Gasteiger partial charge in [-0.15, -0.1) is 11.3 Å². The number of hydrogen-bond acceptors (Lipinski definition) is 5. The van der Waals surface area contributed by atoms with Crippen LogP contribution in [-0.2, 0) is 4.79 Å². The Bertz CT molecular complexity index is 619. The summed E-state index contributed by atoms with van der Waals surface area (Å²) >= 11 is 7.62. The van der Waals surface area contributed by atoms with E-state index in [9.17, 15) is 4.79 Å². The summed E-state index contributed by atoms with van der Waals surface area (Å²) in [5.41, 5.74) is 0.943. The summed E-state index contributed by atoms with van der Waals surface area (Å²) in [7, 11) is 0. The average Bonchev–Trinajstić information content (AvgIpc) is 3.01. The third kappa shape index (κ3) is 3.33. The van der Waals surface area contributed by atoms with Gasteiger partial charge in [-0.3, -0.25) is 9.78 Å². The lowest BCUT2D eigenvalue weighted by Gasteiger charge is -2.33. The quantitative estimate of drug-likeness (QED) is 0.943. The van der Waals surface area contributed by atoms with E-state index in [2.05, 4.69) is 20.2 Å². The molecule has 0 radical (unpaired) electrons. The van der Waals surface area contributed by atoms with Crippen molar-refractivity contribution in [3.63, 3.8) is 0 Å². The van der Waals surface area contributed by atoms with E-state index in [1.54, 1.807) is 18.6 Å². The van der Waals surface area contributed by atoms with Crippen molar-refractivity contribution >= 4 is 39.7 Å². The second kappa shape index (κ2) is 6.41. The minimum Gasteiger partial charge on any atom is -0.369 e. The van der Waals surface area contributed by atoms with Gasteiger partial charge in [0, 0.05) is 37.1 Å². The van der Waals surface area contributed by atoms with Crippen LogP contribution in [0.4, 0.5) is 10.8 Å². The van der Waals surface area contributed by atoms with Crippen LogP contribution in [0, 0.1) is 5.92 Å². The normalized spacial score (nSPS) is 18.5. The summed E-state index contributed by atoms with van der Waals surface area (Å²) in [6.45, 7) is 1.58. The lowest BCUT2D eigenvalue weighted by Crippen LogP contribution is -2.40. The Hall–Kier alpha value is -1.66. The number of carbonyl (C=O) groups is 1. The zero-order chi connectivity index (χ0) is 14.7. The number of carbonyl (C=O) groups excluding carboxylic acids is 1. The molecule has 1 amide bonds. The third-order valence-electron chi connectivity index (χ3n) is 3.55. The van der Waals surface area contributed by atoms with Gasteiger partial charge < -0.3 is 10.2 Å². The topological polar surface area (TPSA) is 58.1 Å². The SMILES string of the molecule is O=C(Nc1nccs1)[C@@H]1CCCN(c2ccncc2Cl)C1. The highest BCUT2D eigenvalue weighted by molar-refractivity contribution is 7.13. The van der Waals surface area contributed by atoms with Crippen LogP contribution in [0.2, 0.25) is 5.02 Å². The predicted octanol–water partition coefficient (Wildman–Crippen LogP) is 3.05. The molecule has 0 spiro atoms. The summed E-state index contributed by atoms with van der Waals surface area (Å²) in [6, 6.07) is 1.89. The zero-order valence-electron chi connectivity index (χ0n) is 11.3. The molecule has 21 heavy (non-hydrogen) atoms. The largest absolute Gasteiger partial charge is 0.369 e. The molecule has 1 aliphatic heterocycles. The minimum absolute atomic E-state index is 0.0276. The van der Waals surface area contributed by atoms with Crippen molar-refractivity contribution < 1.29 is 4.79 Å². The van der Waals surface area contributed by atoms with Crippen molar-refractivity contribution in [3.05, 3.63) is 35.1 Å². The molecular formula is C14H15ClN4OS. The molecule has 1 fully saturated rings. The van der Waals surface area contributed by atoms with Crippen molar-refractivity contribution in [3.8, 4) is 0 Å². The highest BCUT2D eigenvalue weighted by Crippen LogP contribution is 2.29. The number of thiazole rings is 1. The lowest BCUT2D eigenvalue weighted by molar-refractivity contribution is -0.120. The Morgan fingerprint density at radius 1 is 1.48 bits per heavy atom. The van der Waals surface area contributed by atoms with Crippen LogP contribution >= 0.6 is 22.9 Å². The van der Waals surface area contributed by atoms with Crippen molar-refractivity contribution in [2.24, 2.45) is 5.92 Å². The van der Waals surface area contributed by atoms with Crippen molar-refractivity contribution in [2.45, 2.75) is 12.8 Å². The van der Waals surface area contributed by atoms with Crippen LogP contribution in [0.3, 0.4) is 0 Å². The number of halogens is 1. The number of hydrogen-bond donors (Lipinski definition) is 1. The summed E-state index contributed by atoms with van der Waals surface area (Å²) in [5, 5.41) is 6.00. The molecule has 1 saturated heterocycles. The first-order valence-electron chi connectivity index (χ1n) is 6.79. The maximum Gasteiger partial charge on any atom is 0.231 e. The Morgan fingerprint density at radius 2 is 2.38 bits per heavy atom. The van der Waals surface area contributed by atoms with Crippen molar-refractivity contribution in [1.82, 2.24) is 9.97 Å². The molecule has 5 nitrogen and oxygen atoms in total. The summed E-state index contributed by atoms with van der Waals surface area (Å²) < 4.78 is 0. The summed E-state index contributed by atoms with van der Waals surface area (Å²) in [6.07, 6.45) is 6.89. The molecule has 1 atom stereocenters. The number of pyridine rings is 1. The second-order valence-electron chi connectivity index (χ2n) is 4.94. The zero-order valence-corrected chi connectivity index (χ0v) is 12.9. The van der Waals surface area contributed by atoms with Crippen molar-refractivity contribution in [2.75, 3.05) is 23.3 Å². The van der Waals surface area contributed by atoms with Crippen LogP contribution in [0.1, 0.15) is 12.8 Å². The molecule has 2 aromatic rings. The summed E-state index contributed by atoms with van der Waals surface area (Å²) in [5.74, 6) is -0.0216. The van der Waals surface area contributed by atoms with Crippen LogP contribution in [-0.4, -0.2) is 29.0 Å². The lowest BCUT2D eigenvalue weighted by atomic mass is 9.97. The Kier molecular flexibility index (Phi) is 4.36. The predicted molar refractivity (Wildman–Crippen MR) is 84.9 cm³/mol. The number of aromatic nitrogens is 2. The van der Waals surface area contributed by atoms with Gasteiger partial charge in [-0.25, -0.2) is 4.98 Å². The molecule has 110 valence electrons. The molecule has 1 aliphatic rings. The monoisotopic (exact) mass is 322 g/mol. The Balaban J connectivity index is 1.68. The number of piperidine rings is 1. The van der Waals surface area contributed by atoms with Crippen LogP contribution in [0.15, 0.2) is 30.0 Å². The molecule has 1 N–H and O–H groups in total. The van der Waals surface area contributed by atoms with E-state index in [0.29, 0.717) is 16.7 Å². The fourth-order valence-corrected chi connectivity index (χ4v) is 3.30. The molecule has 0 bridgehead atoms. The van der Waals surface area contributed by atoms with E-state index in [-0.39, 0.29) is 11.8 Å². The number of anilines is 2. The molecule has 7 heteroatoms. The smallest absolute Gasteiger partial charge is 0.231 e. The maximum atomic E-state index is 12.3. The van der Waals surface area contributed by atoms with E-state index in [1.165, 1.54) is 11.3 Å². The van der Waals surface area contributed by atoms with E-state index in [0.717, 1.165) is 25.1 Å². The number of rotatable bonds is 3. The first-order chi connectivity index (χ1) is 10.2. The molecule has 0 aromatic carbocycles. The van der Waals surface area contributed by atoms with E-state index >= 15 is 0 Å². The van der Waals surface area contributed by atoms with Crippen LogP contribution < -0.4 is 10.2 Å². The molecular weight excluding hydrogens is 308 g/mol. The fourth-order valence-electron chi connectivity index (χ4n) is 2.53. The summed E-state index contributed by atoms with van der Waals surface area (Å²) in [4.78, 5) is 22.5. The number of nitrogens with one attached hydrogen (secondary N) is 1. The standard InChI is InChI=1S/C14H15ClN4OS/c15-11-8-16-4-3-12(11)19-6-1-2-10(9-19)13(20)18-14-17-5-7-21-14/h3-5,7-8,10H,1-2,6,9H2,(H,17,18,20)/t10-/m1/s1. The van der Waals surface area contributed by atoms with E-state index < -0.39 is 0 Å². The van der Waals surface area contributed by atoms with Crippen LogP contribution in [0.25, 0.3) is 0 Å². The number of nitrogens with zero attached hydrogens (tertiary/aromatic N) is 3. The van der Waals surface area contributed by atoms with Gasteiger partial charge in [0.25, 0.3) is 0 Å². The average molecular weight is 323 g/mol. The first kappa shape index (κ1) is 14.3. The Labute approximate surface area is 132 Å². The molecule has 0 saturated carbocycles. The molecule has 3 heterocycles. The molecule has 0 aliphatic carbocycles. The highest BCUT2D eigenvalue weighted by Gasteiger charge is 2.27. The first-order valence-corrected chi connectivity index (χ1v) is 8.04.